The van der Waals surface area contributed by atoms with Gasteiger partial charge in [0.15, 0.2) is 5.43 Å². The minimum Gasteiger partial charge on any atom is -0.507 e. The Morgan fingerprint density at radius 1 is 1.18 bits per heavy atom. The van der Waals surface area contributed by atoms with Gasteiger partial charge in [0, 0.05) is 11.5 Å². The van der Waals surface area contributed by atoms with Crippen LogP contribution in [0.5, 0.6) is 5.75 Å². The highest BCUT2D eigenvalue weighted by atomic mass is 16.3. The summed E-state index contributed by atoms with van der Waals surface area (Å²) in [6.45, 7) is 1.72. The smallest absolute Gasteiger partial charge is 0.196 e. The first-order valence-electron chi connectivity index (χ1n) is 5.32. The second kappa shape index (κ2) is 3.35. The molecule has 0 aliphatic carbocycles. The van der Waals surface area contributed by atoms with Crippen LogP contribution in [-0.2, 0) is 0 Å². The number of fused-ring (bicyclic) bond motifs is 3. The van der Waals surface area contributed by atoms with Crippen molar-refractivity contribution < 1.29 is 9.52 Å². The second-order valence-electron chi connectivity index (χ2n) is 4.04. The highest BCUT2D eigenvalue weighted by molar-refractivity contribution is 6.06. The Morgan fingerprint density at radius 2 is 1.94 bits per heavy atom. The summed E-state index contributed by atoms with van der Waals surface area (Å²) in [5.74, 6) is 0.505. The topological polar surface area (TPSA) is 50.4 Å². The number of phenolic OH excluding ortho intramolecular Hbond substituents is 1. The monoisotopic (exact) mass is 226 g/mol. The molecule has 0 aliphatic rings. The predicted molar refractivity (Wildman–Crippen MR) is 66.4 cm³/mol. The Hall–Kier alpha value is -2.29. The van der Waals surface area contributed by atoms with Crippen molar-refractivity contribution in [3.05, 3.63) is 52.4 Å². The molecule has 0 unspecified atom stereocenters. The number of phenols is 1. The molecule has 0 saturated heterocycles. The van der Waals surface area contributed by atoms with Crippen molar-refractivity contribution in [2.24, 2.45) is 0 Å². The van der Waals surface area contributed by atoms with Crippen molar-refractivity contribution in [3.63, 3.8) is 0 Å². The van der Waals surface area contributed by atoms with Gasteiger partial charge in [-0.15, -0.1) is 0 Å². The molecule has 0 aliphatic heterocycles. The minimum absolute atomic E-state index is 0.0348. The quantitative estimate of drug-likeness (QED) is 0.599. The summed E-state index contributed by atoms with van der Waals surface area (Å²) in [4.78, 5) is 11.8. The summed E-state index contributed by atoms with van der Waals surface area (Å²) in [5.41, 5.74) is 0.234. The van der Waals surface area contributed by atoms with Crippen LogP contribution in [0.15, 0.2) is 45.6 Å². The Kier molecular flexibility index (Phi) is 1.95. The third-order valence-corrected chi connectivity index (χ3v) is 2.82. The van der Waals surface area contributed by atoms with Gasteiger partial charge in [-0.2, -0.15) is 0 Å². The number of hydrogen-bond acceptors (Lipinski definition) is 3. The molecule has 3 aromatic rings. The van der Waals surface area contributed by atoms with E-state index in [-0.39, 0.29) is 16.6 Å². The van der Waals surface area contributed by atoms with Crippen molar-refractivity contribution in [2.75, 3.05) is 0 Å². The standard InChI is InChI=1S/C14H10O3/c1-8-6-11(15)13-12(16)7-9-4-2-3-5-10(9)14(13)17-8/h2-7,16H,1H3. The third kappa shape index (κ3) is 1.40. The highest BCUT2D eigenvalue weighted by Crippen LogP contribution is 2.30. The van der Waals surface area contributed by atoms with Gasteiger partial charge in [-0.25, -0.2) is 0 Å². The van der Waals surface area contributed by atoms with Gasteiger partial charge in [0.1, 0.15) is 22.5 Å². The van der Waals surface area contributed by atoms with E-state index in [1.807, 2.05) is 24.3 Å². The number of hydrogen-bond donors (Lipinski definition) is 1. The molecule has 3 nitrogen and oxygen atoms in total. The van der Waals surface area contributed by atoms with Gasteiger partial charge in [0.2, 0.25) is 0 Å². The molecule has 0 fully saturated rings. The van der Waals surface area contributed by atoms with Crippen LogP contribution in [0.25, 0.3) is 21.7 Å². The summed E-state index contributed by atoms with van der Waals surface area (Å²) in [6.07, 6.45) is 0. The lowest BCUT2D eigenvalue weighted by Gasteiger charge is -2.05. The van der Waals surface area contributed by atoms with Crippen molar-refractivity contribution in [1.29, 1.82) is 0 Å². The van der Waals surface area contributed by atoms with E-state index in [0.29, 0.717) is 11.3 Å². The molecule has 3 rings (SSSR count). The van der Waals surface area contributed by atoms with Crippen molar-refractivity contribution in [2.45, 2.75) is 6.92 Å². The van der Waals surface area contributed by atoms with Crippen LogP contribution in [0, 0.1) is 6.92 Å². The van der Waals surface area contributed by atoms with E-state index >= 15 is 0 Å². The van der Waals surface area contributed by atoms with Crippen LogP contribution in [0.2, 0.25) is 0 Å². The maximum atomic E-state index is 11.8. The zero-order valence-corrected chi connectivity index (χ0v) is 9.23. The fourth-order valence-corrected chi connectivity index (χ4v) is 2.09. The first-order valence-corrected chi connectivity index (χ1v) is 5.32. The normalized spacial score (nSPS) is 11.1. The number of aryl methyl sites for hydroxylation is 1. The zero-order valence-electron chi connectivity index (χ0n) is 9.23. The van der Waals surface area contributed by atoms with Crippen LogP contribution >= 0.6 is 0 Å². The van der Waals surface area contributed by atoms with E-state index in [0.717, 1.165) is 10.8 Å². The molecule has 0 radical (unpaired) electrons. The number of aromatic hydroxyl groups is 1. The van der Waals surface area contributed by atoms with Gasteiger partial charge in [0.25, 0.3) is 0 Å². The largest absolute Gasteiger partial charge is 0.507 e. The first kappa shape index (κ1) is 9.90. The molecule has 3 heteroatoms. The zero-order chi connectivity index (χ0) is 12.0. The Balaban J connectivity index is 2.70. The first-order chi connectivity index (χ1) is 8.16. The molecule has 1 aromatic heterocycles. The lowest BCUT2D eigenvalue weighted by molar-refractivity contribution is 0.479. The van der Waals surface area contributed by atoms with Gasteiger partial charge in [-0.1, -0.05) is 24.3 Å². The average molecular weight is 226 g/mol. The summed E-state index contributed by atoms with van der Waals surface area (Å²) in [6, 6.07) is 10.5. The lowest BCUT2D eigenvalue weighted by Crippen LogP contribution is -2.00. The van der Waals surface area contributed by atoms with Crippen LogP contribution in [0.1, 0.15) is 5.76 Å². The highest BCUT2D eigenvalue weighted by Gasteiger charge is 2.11. The third-order valence-electron chi connectivity index (χ3n) is 2.82. The van der Waals surface area contributed by atoms with Crippen LogP contribution in [0.4, 0.5) is 0 Å². The minimum atomic E-state index is -0.216. The van der Waals surface area contributed by atoms with Crippen molar-refractivity contribution in [1.82, 2.24) is 0 Å². The molecule has 0 amide bonds. The summed E-state index contributed by atoms with van der Waals surface area (Å²) >= 11 is 0. The molecule has 1 heterocycles. The summed E-state index contributed by atoms with van der Waals surface area (Å²) in [5, 5.41) is 11.8. The van der Waals surface area contributed by atoms with E-state index in [2.05, 4.69) is 0 Å². The SMILES string of the molecule is Cc1cc(=O)c2c(O)cc3ccccc3c2o1. The average Bonchev–Trinajstić information content (AvgIpc) is 2.28. The Morgan fingerprint density at radius 3 is 2.76 bits per heavy atom. The van der Waals surface area contributed by atoms with Crippen LogP contribution < -0.4 is 5.43 Å². The fourth-order valence-electron chi connectivity index (χ4n) is 2.09. The molecular formula is C14H10O3. The summed E-state index contributed by atoms with van der Waals surface area (Å²) < 4.78 is 5.58. The van der Waals surface area contributed by atoms with E-state index in [4.69, 9.17) is 4.42 Å². The van der Waals surface area contributed by atoms with Gasteiger partial charge in [-0.05, 0) is 18.4 Å². The lowest BCUT2D eigenvalue weighted by atomic mass is 10.1. The molecule has 84 valence electrons. The van der Waals surface area contributed by atoms with Crippen molar-refractivity contribution in [3.8, 4) is 5.75 Å². The number of benzene rings is 2. The second-order valence-corrected chi connectivity index (χ2v) is 4.04. The van der Waals surface area contributed by atoms with Crippen LogP contribution in [0.3, 0.4) is 0 Å². The molecule has 0 atom stereocenters. The van der Waals surface area contributed by atoms with Crippen LogP contribution in [-0.4, -0.2) is 5.11 Å². The van der Waals surface area contributed by atoms with Gasteiger partial charge in [-0.3, -0.25) is 4.79 Å². The maximum Gasteiger partial charge on any atom is 0.196 e. The Bertz CT molecular complexity index is 784. The number of rotatable bonds is 0. The van der Waals surface area contributed by atoms with E-state index in [1.165, 1.54) is 6.07 Å². The molecule has 17 heavy (non-hydrogen) atoms. The molecule has 2 aromatic carbocycles. The molecule has 0 bridgehead atoms. The summed E-state index contributed by atoms with van der Waals surface area (Å²) in [7, 11) is 0. The molecular weight excluding hydrogens is 216 g/mol. The van der Waals surface area contributed by atoms with E-state index in [1.54, 1.807) is 13.0 Å². The van der Waals surface area contributed by atoms with Gasteiger partial charge in [0.05, 0.1) is 0 Å². The Labute approximate surface area is 96.9 Å². The van der Waals surface area contributed by atoms with E-state index < -0.39 is 0 Å². The van der Waals surface area contributed by atoms with Crippen molar-refractivity contribution >= 4 is 21.7 Å². The maximum absolute atomic E-state index is 11.8. The molecule has 0 saturated carbocycles. The van der Waals surface area contributed by atoms with Gasteiger partial charge < -0.3 is 9.52 Å². The van der Waals surface area contributed by atoms with Gasteiger partial charge >= 0.3 is 0 Å². The van der Waals surface area contributed by atoms with E-state index in [9.17, 15) is 9.90 Å². The predicted octanol–water partition coefficient (Wildman–Crippen LogP) is 2.96. The molecule has 1 N–H and O–H groups in total. The molecule has 0 spiro atoms. The fraction of sp³-hybridized carbons (Fsp3) is 0.0714.